The van der Waals surface area contributed by atoms with Crippen molar-refractivity contribution in [3.8, 4) is 17.1 Å². The third-order valence-corrected chi connectivity index (χ3v) is 5.66. The molecular formula is C25H15N5O. The lowest BCUT2D eigenvalue weighted by Gasteiger charge is -2.06. The summed E-state index contributed by atoms with van der Waals surface area (Å²) in [7, 11) is 0. The minimum absolute atomic E-state index is 0.754. The van der Waals surface area contributed by atoms with E-state index in [0.29, 0.717) is 0 Å². The largest absolute Gasteiger partial charge is 0.437 e. The van der Waals surface area contributed by atoms with Crippen LogP contribution < -0.4 is 0 Å². The van der Waals surface area contributed by atoms with Gasteiger partial charge in [-0.2, -0.15) is 0 Å². The van der Waals surface area contributed by atoms with Crippen LogP contribution in [0.2, 0.25) is 0 Å². The van der Waals surface area contributed by atoms with Crippen molar-refractivity contribution in [2.24, 2.45) is 0 Å². The zero-order valence-electron chi connectivity index (χ0n) is 16.3. The van der Waals surface area contributed by atoms with E-state index < -0.39 is 0 Å². The van der Waals surface area contributed by atoms with Gasteiger partial charge in [0.2, 0.25) is 11.5 Å². The van der Waals surface area contributed by atoms with Gasteiger partial charge in [-0.25, -0.2) is 9.38 Å². The Kier molecular flexibility index (Phi) is 3.18. The van der Waals surface area contributed by atoms with Crippen molar-refractivity contribution in [2.75, 3.05) is 0 Å². The van der Waals surface area contributed by atoms with Crippen LogP contribution >= 0.6 is 0 Å². The molecule has 0 atom stereocenters. The molecule has 0 saturated carbocycles. The summed E-state index contributed by atoms with van der Waals surface area (Å²) in [5, 5.41) is 1.01. The molecule has 31 heavy (non-hydrogen) atoms. The van der Waals surface area contributed by atoms with Gasteiger partial charge >= 0.3 is 0 Å². The summed E-state index contributed by atoms with van der Waals surface area (Å²) < 4.78 is 10.4. The minimum atomic E-state index is 0.754. The van der Waals surface area contributed by atoms with E-state index in [2.05, 4.69) is 37.1 Å². The summed E-state index contributed by atoms with van der Waals surface area (Å²) in [6.07, 6.45) is 3.64. The molecule has 7 rings (SSSR count). The van der Waals surface area contributed by atoms with Crippen LogP contribution in [0, 0.1) is 0 Å². The van der Waals surface area contributed by atoms with Crippen LogP contribution in [0.5, 0.6) is 0 Å². The maximum atomic E-state index is 6.20. The van der Waals surface area contributed by atoms with Gasteiger partial charge in [-0.1, -0.05) is 30.3 Å². The molecule has 0 spiro atoms. The number of pyridine rings is 2. The molecule has 7 aromatic rings. The number of aromatic nitrogens is 5. The van der Waals surface area contributed by atoms with E-state index in [4.69, 9.17) is 9.40 Å². The van der Waals surface area contributed by atoms with E-state index in [0.717, 1.165) is 56.1 Å². The van der Waals surface area contributed by atoms with Crippen molar-refractivity contribution >= 4 is 39.0 Å². The predicted octanol–water partition coefficient (Wildman–Crippen LogP) is 5.63. The monoisotopic (exact) mass is 401 g/mol. The third-order valence-electron chi connectivity index (χ3n) is 5.66. The smallest absolute Gasteiger partial charge is 0.234 e. The average Bonchev–Trinajstić information content (AvgIpc) is 3.47. The molecule has 0 bridgehead atoms. The summed E-state index contributed by atoms with van der Waals surface area (Å²) in [6, 6.07) is 26.1. The highest BCUT2D eigenvalue weighted by atomic mass is 16.3. The van der Waals surface area contributed by atoms with Gasteiger partial charge in [-0.15, -0.1) is 0 Å². The molecule has 146 valence electrons. The summed E-state index contributed by atoms with van der Waals surface area (Å²) >= 11 is 0. The first kappa shape index (κ1) is 16.4. The molecule has 0 aliphatic carbocycles. The lowest BCUT2D eigenvalue weighted by atomic mass is 10.2. The molecular weight excluding hydrogens is 386 g/mol. The molecule has 0 radical (unpaired) electrons. The van der Waals surface area contributed by atoms with Gasteiger partial charge in [0.15, 0.2) is 0 Å². The van der Waals surface area contributed by atoms with E-state index in [1.54, 1.807) is 6.20 Å². The molecule has 0 fully saturated rings. The second-order valence-electron chi connectivity index (χ2n) is 7.44. The molecule has 6 heteroatoms. The quantitative estimate of drug-likeness (QED) is 0.376. The van der Waals surface area contributed by atoms with Gasteiger partial charge < -0.3 is 4.42 Å². The van der Waals surface area contributed by atoms with Crippen LogP contribution in [0.25, 0.3) is 56.1 Å². The lowest BCUT2D eigenvalue weighted by Crippen LogP contribution is -1.97. The van der Waals surface area contributed by atoms with Crippen LogP contribution in [-0.2, 0) is 0 Å². The Hall–Kier alpha value is -4.45. The van der Waals surface area contributed by atoms with E-state index >= 15 is 0 Å². The first-order valence-corrected chi connectivity index (χ1v) is 10.1. The summed E-state index contributed by atoms with van der Waals surface area (Å²) in [4.78, 5) is 14.0. The highest BCUT2D eigenvalue weighted by Crippen LogP contribution is 2.34. The van der Waals surface area contributed by atoms with Crippen LogP contribution in [0.1, 0.15) is 0 Å². The highest BCUT2D eigenvalue weighted by Gasteiger charge is 2.21. The standard InChI is InChI=1S/C25H15N5O/c1-4-11-22-17(7-1)23-24(31-22)30-21-10-3-2-9-20(21)29(25(30)28-23)16-12-13-19(27-15-16)18-8-5-6-14-26-18/h1-15H. The van der Waals surface area contributed by atoms with E-state index in [1.807, 2.05) is 66.9 Å². The Morgan fingerprint density at radius 3 is 2.35 bits per heavy atom. The fraction of sp³-hybridized carbons (Fsp3) is 0. The molecule has 2 aromatic carbocycles. The maximum absolute atomic E-state index is 6.20. The van der Waals surface area contributed by atoms with E-state index in [9.17, 15) is 0 Å². The minimum Gasteiger partial charge on any atom is -0.437 e. The lowest BCUT2D eigenvalue weighted by molar-refractivity contribution is 0.651. The Morgan fingerprint density at radius 2 is 1.52 bits per heavy atom. The number of hydrogen-bond acceptors (Lipinski definition) is 4. The normalized spacial score (nSPS) is 11.9. The zero-order valence-corrected chi connectivity index (χ0v) is 16.3. The van der Waals surface area contributed by atoms with Gasteiger partial charge in [0.25, 0.3) is 0 Å². The predicted molar refractivity (Wildman–Crippen MR) is 120 cm³/mol. The van der Waals surface area contributed by atoms with Crippen molar-refractivity contribution in [1.82, 2.24) is 23.9 Å². The Bertz CT molecular complexity index is 1720. The number of imidazole rings is 2. The second-order valence-corrected chi connectivity index (χ2v) is 7.44. The van der Waals surface area contributed by atoms with Gasteiger partial charge in [0.1, 0.15) is 11.1 Å². The molecule has 5 aromatic heterocycles. The molecule has 0 saturated heterocycles. The SMILES string of the molecule is c1ccc(-c2ccc(-n3c4ccccc4n4c5oc6ccccc6c5nc34)cn2)nc1. The number of rotatable bonds is 2. The number of benzene rings is 2. The Morgan fingerprint density at radius 1 is 0.710 bits per heavy atom. The van der Waals surface area contributed by atoms with Crippen molar-refractivity contribution in [1.29, 1.82) is 0 Å². The molecule has 0 unspecified atom stereocenters. The molecule has 0 amide bonds. The van der Waals surface area contributed by atoms with Crippen LogP contribution in [-0.4, -0.2) is 23.9 Å². The number of furan rings is 1. The number of nitrogens with zero attached hydrogens (tertiary/aromatic N) is 5. The Balaban J connectivity index is 1.52. The van der Waals surface area contributed by atoms with Crippen molar-refractivity contribution < 1.29 is 4.42 Å². The van der Waals surface area contributed by atoms with Gasteiger partial charge in [-0.05, 0) is 48.5 Å². The zero-order chi connectivity index (χ0) is 20.4. The van der Waals surface area contributed by atoms with E-state index in [-0.39, 0.29) is 0 Å². The summed E-state index contributed by atoms with van der Waals surface area (Å²) in [5.74, 6) is 0.799. The molecule has 0 N–H and O–H groups in total. The van der Waals surface area contributed by atoms with Crippen molar-refractivity contribution in [3.05, 3.63) is 91.3 Å². The van der Waals surface area contributed by atoms with Crippen LogP contribution in [0.3, 0.4) is 0 Å². The number of fused-ring (bicyclic) bond motifs is 7. The van der Waals surface area contributed by atoms with Gasteiger partial charge in [0.05, 0.1) is 34.3 Å². The van der Waals surface area contributed by atoms with Gasteiger partial charge in [0, 0.05) is 11.6 Å². The van der Waals surface area contributed by atoms with E-state index in [1.165, 1.54) is 0 Å². The maximum Gasteiger partial charge on any atom is 0.234 e. The second kappa shape index (κ2) is 6.03. The van der Waals surface area contributed by atoms with Crippen LogP contribution in [0.4, 0.5) is 0 Å². The number of hydrogen-bond donors (Lipinski definition) is 0. The molecule has 5 heterocycles. The topological polar surface area (TPSA) is 61.2 Å². The van der Waals surface area contributed by atoms with Crippen LogP contribution in [0.15, 0.2) is 95.7 Å². The fourth-order valence-corrected chi connectivity index (χ4v) is 4.28. The fourth-order valence-electron chi connectivity index (χ4n) is 4.28. The molecule has 6 nitrogen and oxygen atoms in total. The summed E-state index contributed by atoms with van der Waals surface area (Å²) in [5.41, 5.74) is 7.15. The molecule has 0 aliphatic heterocycles. The molecule has 0 aliphatic rings. The highest BCUT2D eigenvalue weighted by molar-refractivity contribution is 6.04. The number of para-hydroxylation sites is 3. The first-order chi connectivity index (χ1) is 15.4. The van der Waals surface area contributed by atoms with Crippen molar-refractivity contribution in [2.45, 2.75) is 0 Å². The Labute approximate surface area is 176 Å². The average molecular weight is 401 g/mol. The van der Waals surface area contributed by atoms with Crippen molar-refractivity contribution in [3.63, 3.8) is 0 Å². The first-order valence-electron chi connectivity index (χ1n) is 10.1. The summed E-state index contributed by atoms with van der Waals surface area (Å²) in [6.45, 7) is 0. The third kappa shape index (κ3) is 2.24. The van der Waals surface area contributed by atoms with Gasteiger partial charge in [-0.3, -0.25) is 14.5 Å².